The molecule has 2 aromatic rings. The van der Waals surface area contributed by atoms with E-state index in [2.05, 4.69) is 18.9 Å². The number of nitrogens with two attached hydrogens (primary N) is 1. The third-order valence-corrected chi connectivity index (χ3v) is 3.43. The van der Waals surface area contributed by atoms with Crippen molar-refractivity contribution >= 4 is 5.69 Å². The molecule has 1 heterocycles. The van der Waals surface area contributed by atoms with Gasteiger partial charge in [0, 0.05) is 25.4 Å². The molecule has 1 aromatic heterocycles. The number of hydrogen-bond donors (Lipinski definition) is 1. The van der Waals surface area contributed by atoms with Gasteiger partial charge in [0.15, 0.2) is 0 Å². The highest BCUT2D eigenvalue weighted by atomic mass is 16.5. The van der Waals surface area contributed by atoms with Crippen LogP contribution in [0, 0.1) is 6.92 Å². The van der Waals surface area contributed by atoms with Crippen molar-refractivity contribution in [3.8, 4) is 5.75 Å². The molecule has 0 aliphatic heterocycles. The van der Waals surface area contributed by atoms with Crippen LogP contribution in [-0.4, -0.2) is 16.4 Å². The van der Waals surface area contributed by atoms with Crippen LogP contribution < -0.4 is 10.5 Å². The zero-order valence-corrected chi connectivity index (χ0v) is 12.7. The van der Waals surface area contributed by atoms with E-state index < -0.39 is 0 Å². The second-order valence-corrected chi connectivity index (χ2v) is 5.52. The molecular formula is C16H23N3O. The monoisotopic (exact) mass is 273 g/mol. The Morgan fingerprint density at radius 2 is 2.10 bits per heavy atom. The number of nitrogen functional groups attached to an aromatic ring is 1. The molecule has 0 atom stereocenters. The van der Waals surface area contributed by atoms with E-state index in [4.69, 9.17) is 10.5 Å². The van der Waals surface area contributed by atoms with Gasteiger partial charge in [-0.05, 0) is 41.7 Å². The van der Waals surface area contributed by atoms with Crippen molar-refractivity contribution in [1.82, 2.24) is 9.78 Å². The van der Waals surface area contributed by atoms with Gasteiger partial charge in [-0.15, -0.1) is 0 Å². The fraction of sp³-hybridized carbons (Fsp3) is 0.438. The Labute approximate surface area is 120 Å². The van der Waals surface area contributed by atoms with Crippen molar-refractivity contribution in [1.29, 1.82) is 0 Å². The van der Waals surface area contributed by atoms with Crippen molar-refractivity contribution in [2.45, 2.75) is 33.1 Å². The van der Waals surface area contributed by atoms with Gasteiger partial charge in [-0.1, -0.05) is 13.8 Å². The number of nitrogens with zero attached hydrogens (tertiary/aromatic N) is 2. The minimum absolute atomic E-state index is 0.395. The van der Waals surface area contributed by atoms with Crippen LogP contribution in [0.2, 0.25) is 0 Å². The number of anilines is 1. The molecule has 108 valence electrons. The quantitative estimate of drug-likeness (QED) is 0.852. The van der Waals surface area contributed by atoms with Gasteiger partial charge in [-0.3, -0.25) is 4.68 Å². The first kappa shape index (κ1) is 14.4. The lowest BCUT2D eigenvalue weighted by molar-refractivity contribution is 0.317. The van der Waals surface area contributed by atoms with Crippen LogP contribution in [0.4, 0.5) is 5.69 Å². The van der Waals surface area contributed by atoms with Crippen LogP contribution in [0.5, 0.6) is 5.75 Å². The number of ether oxygens (including phenoxy) is 1. The Hall–Kier alpha value is -1.97. The van der Waals surface area contributed by atoms with Crippen LogP contribution in [0.1, 0.15) is 36.5 Å². The summed E-state index contributed by atoms with van der Waals surface area (Å²) in [6, 6.07) is 4.06. The van der Waals surface area contributed by atoms with Crippen LogP contribution >= 0.6 is 0 Å². The van der Waals surface area contributed by atoms with Crippen LogP contribution in [0.15, 0.2) is 24.5 Å². The Morgan fingerprint density at radius 1 is 1.35 bits per heavy atom. The van der Waals surface area contributed by atoms with Crippen LogP contribution in [-0.2, 0) is 13.5 Å². The van der Waals surface area contributed by atoms with E-state index in [9.17, 15) is 0 Å². The van der Waals surface area contributed by atoms with Crippen molar-refractivity contribution in [3.05, 3.63) is 41.2 Å². The molecule has 0 radical (unpaired) electrons. The minimum Gasteiger partial charge on any atom is -0.493 e. The van der Waals surface area contributed by atoms with E-state index in [1.807, 2.05) is 43.2 Å². The summed E-state index contributed by atoms with van der Waals surface area (Å²) < 4.78 is 7.76. The summed E-state index contributed by atoms with van der Waals surface area (Å²) in [6.07, 6.45) is 4.75. The maximum absolute atomic E-state index is 5.98. The summed E-state index contributed by atoms with van der Waals surface area (Å²) >= 11 is 0. The molecule has 0 saturated carbocycles. The number of rotatable bonds is 5. The summed E-state index contributed by atoms with van der Waals surface area (Å²) in [5.41, 5.74) is 10.2. The van der Waals surface area contributed by atoms with Gasteiger partial charge >= 0.3 is 0 Å². The zero-order chi connectivity index (χ0) is 14.7. The lowest BCUT2D eigenvalue weighted by Gasteiger charge is -2.16. The van der Waals surface area contributed by atoms with E-state index in [1.54, 1.807) is 0 Å². The third kappa shape index (κ3) is 3.32. The predicted molar refractivity (Wildman–Crippen MR) is 82.1 cm³/mol. The Morgan fingerprint density at radius 3 is 2.70 bits per heavy atom. The molecule has 2 rings (SSSR count). The van der Waals surface area contributed by atoms with E-state index in [1.165, 1.54) is 11.1 Å². The molecule has 0 amide bonds. The van der Waals surface area contributed by atoms with Crippen molar-refractivity contribution < 1.29 is 4.74 Å². The molecule has 0 aliphatic rings. The summed E-state index contributed by atoms with van der Waals surface area (Å²) in [5.74, 6) is 1.34. The first-order valence-electron chi connectivity index (χ1n) is 6.97. The summed E-state index contributed by atoms with van der Waals surface area (Å²) in [7, 11) is 1.92. The van der Waals surface area contributed by atoms with Gasteiger partial charge < -0.3 is 10.5 Å². The van der Waals surface area contributed by atoms with Gasteiger partial charge in [0.1, 0.15) is 5.75 Å². The standard InChI is InChI=1S/C16H23N3O/c1-11(2)14-8-15(17)12(3)7-16(14)20-6-5-13-9-18-19(4)10-13/h7-11H,5-6,17H2,1-4H3. The molecule has 0 aliphatic carbocycles. The predicted octanol–water partition coefficient (Wildman–Crippen LogP) is 3.06. The molecule has 20 heavy (non-hydrogen) atoms. The van der Waals surface area contributed by atoms with Gasteiger partial charge in [-0.25, -0.2) is 0 Å². The molecule has 4 nitrogen and oxygen atoms in total. The summed E-state index contributed by atoms with van der Waals surface area (Å²) in [5, 5.41) is 4.16. The highest BCUT2D eigenvalue weighted by Gasteiger charge is 2.10. The molecule has 4 heteroatoms. The summed E-state index contributed by atoms with van der Waals surface area (Å²) in [4.78, 5) is 0. The topological polar surface area (TPSA) is 53.1 Å². The van der Waals surface area contributed by atoms with Gasteiger partial charge in [0.25, 0.3) is 0 Å². The SMILES string of the molecule is Cc1cc(OCCc2cnn(C)c2)c(C(C)C)cc1N. The Kier molecular flexibility index (Phi) is 4.32. The average Bonchev–Trinajstić information content (AvgIpc) is 2.79. The minimum atomic E-state index is 0.395. The van der Waals surface area contributed by atoms with E-state index in [0.29, 0.717) is 12.5 Å². The Balaban J connectivity index is 2.06. The number of aromatic nitrogens is 2. The van der Waals surface area contributed by atoms with Crippen molar-refractivity contribution in [2.24, 2.45) is 7.05 Å². The van der Waals surface area contributed by atoms with E-state index in [-0.39, 0.29) is 0 Å². The maximum Gasteiger partial charge on any atom is 0.123 e. The van der Waals surface area contributed by atoms with E-state index >= 15 is 0 Å². The van der Waals surface area contributed by atoms with Gasteiger partial charge in [-0.2, -0.15) is 5.10 Å². The highest BCUT2D eigenvalue weighted by Crippen LogP contribution is 2.31. The lowest BCUT2D eigenvalue weighted by Crippen LogP contribution is -2.05. The van der Waals surface area contributed by atoms with Gasteiger partial charge in [0.05, 0.1) is 12.8 Å². The molecule has 0 bridgehead atoms. The molecule has 1 aromatic carbocycles. The number of hydrogen-bond acceptors (Lipinski definition) is 3. The molecule has 0 spiro atoms. The lowest BCUT2D eigenvalue weighted by atomic mass is 9.99. The average molecular weight is 273 g/mol. The fourth-order valence-electron chi connectivity index (χ4n) is 2.17. The van der Waals surface area contributed by atoms with E-state index in [0.717, 1.165) is 23.4 Å². The molecule has 0 unspecified atom stereocenters. The number of aryl methyl sites for hydroxylation is 2. The summed E-state index contributed by atoms with van der Waals surface area (Å²) in [6.45, 7) is 6.96. The van der Waals surface area contributed by atoms with Gasteiger partial charge in [0.2, 0.25) is 0 Å². The molecular weight excluding hydrogens is 250 g/mol. The second kappa shape index (κ2) is 5.99. The largest absolute Gasteiger partial charge is 0.493 e. The Bertz CT molecular complexity index is 587. The molecule has 2 N–H and O–H groups in total. The first-order chi connectivity index (χ1) is 9.47. The second-order valence-electron chi connectivity index (χ2n) is 5.52. The third-order valence-electron chi connectivity index (χ3n) is 3.43. The fourth-order valence-corrected chi connectivity index (χ4v) is 2.17. The van der Waals surface area contributed by atoms with Crippen molar-refractivity contribution in [2.75, 3.05) is 12.3 Å². The van der Waals surface area contributed by atoms with Crippen LogP contribution in [0.25, 0.3) is 0 Å². The molecule has 0 saturated heterocycles. The first-order valence-corrected chi connectivity index (χ1v) is 6.97. The van der Waals surface area contributed by atoms with Crippen molar-refractivity contribution in [3.63, 3.8) is 0 Å². The zero-order valence-electron chi connectivity index (χ0n) is 12.7. The highest BCUT2D eigenvalue weighted by molar-refractivity contribution is 5.55. The van der Waals surface area contributed by atoms with Crippen LogP contribution in [0.3, 0.4) is 0 Å². The normalized spacial score (nSPS) is 11.1. The maximum atomic E-state index is 5.98. The molecule has 0 fully saturated rings. The number of benzene rings is 1. The smallest absolute Gasteiger partial charge is 0.123 e.